The van der Waals surface area contributed by atoms with E-state index < -0.39 is 11.9 Å². The number of carbonyl (C=O) groups excluding carboxylic acids is 2. The maximum absolute atomic E-state index is 12.5. The molecule has 1 N–H and O–H groups in total. The van der Waals surface area contributed by atoms with Crippen LogP contribution < -0.4 is 14.8 Å². The van der Waals surface area contributed by atoms with Gasteiger partial charge in [-0.15, -0.1) is 0 Å². The van der Waals surface area contributed by atoms with Gasteiger partial charge < -0.3 is 14.8 Å². The number of carbonyl (C=O) groups is 2. The molecule has 32 heavy (non-hydrogen) atoms. The van der Waals surface area contributed by atoms with E-state index in [1.165, 1.54) is 13.2 Å². The topological polar surface area (TPSA) is 88.4 Å². The van der Waals surface area contributed by atoms with Crippen molar-refractivity contribution in [1.29, 1.82) is 5.26 Å². The van der Waals surface area contributed by atoms with E-state index in [1.807, 2.05) is 37.3 Å². The number of nitrogens with zero attached hydrogens (tertiary/aromatic N) is 1. The summed E-state index contributed by atoms with van der Waals surface area (Å²) in [6, 6.07) is 21.0. The molecule has 160 valence electrons. The van der Waals surface area contributed by atoms with Gasteiger partial charge in [-0.3, -0.25) is 4.79 Å². The van der Waals surface area contributed by atoms with Crippen LogP contribution in [0.15, 0.2) is 72.3 Å². The Morgan fingerprint density at radius 1 is 1.00 bits per heavy atom. The van der Waals surface area contributed by atoms with Gasteiger partial charge in [0.1, 0.15) is 11.6 Å². The Morgan fingerprint density at radius 2 is 1.69 bits per heavy atom. The second-order valence-corrected chi connectivity index (χ2v) is 8.04. The molecule has 0 heterocycles. The summed E-state index contributed by atoms with van der Waals surface area (Å²) in [4.78, 5) is 24.9. The molecule has 0 fully saturated rings. The molecule has 0 radical (unpaired) electrons. The van der Waals surface area contributed by atoms with E-state index in [0.29, 0.717) is 22.6 Å². The number of nitriles is 1. The highest BCUT2D eigenvalue weighted by molar-refractivity contribution is 14.1. The largest absolute Gasteiger partial charge is 0.493 e. The number of benzene rings is 3. The zero-order valence-electron chi connectivity index (χ0n) is 17.4. The van der Waals surface area contributed by atoms with Crippen molar-refractivity contribution in [2.24, 2.45) is 0 Å². The van der Waals surface area contributed by atoms with Crippen molar-refractivity contribution in [3.63, 3.8) is 0 Å². The first-order chi connectivity index (χ1) is 15.4. The Morgan fingerprint density at radius 3 is 2.31 bits per heavy atom. The molecule has 0 aliphatic rings. The number of hydrogen-bond donors (Lipinski definition) is 1. The van der Waals surface area contributed by atoms with E-state index in [1.54, 1.807) is 42.5 Å². The molecule has 1 amide bonds. The molecule has 0 unspecified atom stereocenters. The highest BCUT2D eigenvalue weighted by atomic mass is 127. The van der Waals surface area contributed by atoms with Crippen molar-refractivity contribution in [2.45, 2.75) is 6.92 Å². The quantitative estimate of drug-likeness (QED) is 0.150. The number of anilines is 1. The van der Waals surface area contributed by atoms with Gasteiger partial charge >= 0.3 is 5.97 Å². The first kappa shape index (κ1) is 23.0. The second kappa shape index (κ2) is 10.6. The summed E-state index contributed by atoms with van der Waals surface area (Å²) < 4.78 is 11.8. The molecule has 0 aliphatic carbocycles. The summed E-state index contributed by atoms with van der Waals surface area (Å²) in [5.74, 6) is -0.504. The van der Waals surface area contributed by atoms with Gasteiger partial charge in [0.2, 0.25) is 0 Å². The van der Waals surface area contributed by atoms with Crippen LogP contribution in [0, 0.1) is 21.8 Å². The zero-order chi connectivity index (χ0) is 23.1. The van der Waals surface area contributed by atoms with Crippen molar-refractivity contribution >= 4 is 46.2 Å². The Hall–Kier alpha value is -3.64. The van der Waals surface area contributed by atoms with Crippen LogP contribution >= 0.6 is 22.6 Å². The van der Waals surface area contributed by atoms with Crippen molar-refractivity contribution < 1.29 is 19.1 Å². The molecule has 7 heteroatoms. The third kappa shape index (κ3) is 5.95. The van der Waals surface area contributed by atoms with Gasteiger partial charge in [-0.05, 0) is 89.7 Å². The number of rotatable bonds is 6. The number of methoxy groups -OCH3 is 1. The van der Waals surface area contributed by atoms with Gasteiger partial charge in [-0.2, -0.15) is 5.26 Å². The molecular weight excluding hydrogens is 519 g/mol. The zero-order valence-corrected chi connectivity index (χ0v) is 19.5. The Bertz CT molecular complexity index is 1210. The van der Waals surface area contributed by atoms with E-state index >= 15 is 0 Å². The standard InChI is InChI=1S/C25H19IN2O4/c1-16-3-6-18(7-4-16)25(30)32-22-12-5-17(14-23(22)31-2)13-19(15-27)24(29)28-21-10-8-20(26)9-11-21/h3-14H,1-2H3,(H,28,29)/b19-13+. The van der Waals surface area contributed by atoms with E-state index in [9.17, 15) is 14.9 Å². The molecule has 3 rings (SSSR count). The minimum absolute atomic E-state index is 0.0741. The van der Waals surface area contributed by atoms with Gasteiger partial charge in [0.15, 0.2) is 11.5 Å². The van der Waals surface area contributed by atoms with Crippen LogP contribution in [0.4, 0.5) is 5.69 Å². The molecule has 0 aromatic heterocycles. The monoisotopic (exact) mass is 538 g/mol. The van der Waals surface area contributed by atoms with Gasteiger partial charge in [-0.25, -0.2) is 4.79 Å². The molecule has 3 aromatic rings. The SMILES string of the molecule is COc1cc(/C=C(\C#N)C(=O)Nc2ccc(I)cc2)ccc1OC(=O)c1ccc(C)cc1. The smallest absolute Gasteiger partial charge is 0.343 e. The summed E-state index contributed by atoms with van der Waals surface area (Å²) in [7, 11) is 1.45. The first-order valence-corrected chi connectivity index (χ1v) is 10.6. The molecule has 3 aromatic carbocycles. The Labute approximate surface area is 199 Å². The van der Waals surface area contributed by atoms with Crippen LogP contribution in [0.5, 0.6) is 11.5 Å². The third-order valence-corrected chi connectivity index (χ3v) is 5.17. The summed E-state index contributed by atoms with van der Waals surface area (Å²) in [6.07, 6.45) is 1.44. The van der Waals surface area contributed by atoms with E-state index in [4.69, 9.17) is 9.47 Å². The van der Waals surface area contributed by atoms with Gasteiger partial charge in [0.25, 0.3) is 5.91 Å². The third-order valence-electron chi connectivity index (χ3n) is 4.46. The number of aryl methyl sites for hydroxylation is 1. The number of halogens is 1. The summed E-state index contributed by atoms with van der Waals surface area (Å²) >= 11 is 2.17. The van der Waals surface area contributed by atoms with Crippen LogP contribution in [0.3, 0.4) is 0 Å². The van der Waals surface area contributed by atoms with Gasteiger partial charge in [-0.1, -0.05) is 23.8 Å². The highest BCUT2D eigenvalue weighted by Gasteiger charge is 2.14. The average molecular weight is 538 g/mol. The minimum atomic E-state index is -0.525. The van der Waals surface area contributed by atoms with Crippen molar-refractivity contribution in [3.8, 4) is 17.6 Å². The Balaban J connectivity index is 1.78. The van der Waals surface area contributed by atoms with Gasteiger partial charge in [0.05, 0.1) is 12.7 Å². The summed E-state index contributed by atoms with van der Waals surface area (Å²) in [6.45, 7) is 1.93. The summed E-state index contributed by atoms with van der Waals surface area (Å²) in [5, 5.41) is 12.1. The first-order valence-electron chi connectivity index (χ1n) is 9.55. The van der Waals surface area contributed by atoms with Crippen LogP contribution in [0.1, 0.15) is 21.5 Å². The van der Waals surface area contributed by atoms with Crippen LogP contribution in [0.25, 0.3) is 6.08 Å². The van der Waals surface area contributed by atoms with Crippen LogP contribution in [-0.2, 0) is 4.79 Å². The number of hydrogen-bond acceptors (Lipinski definition) is 5. The predicted octanol–water partition coefficient (Wildman–Crippen LogP) is 5.37. The molecule has 6 nitrogen and oxygen atoms in total. The fourth-order valence-corrected chi connectivity index (χ4v) is 3.11. The normalized spacial score (nSPS) is 10.8. The van der Waals surface area contributed by atoms with Crippen molar-refractivity contribution in [2.75, 3.05) is 12.4 Å². The molecule has 0 spiro atoms. The maximum atomic E-state index is 12.5. The molecule has 0 bridgehead atoms. The lowest BCUT2D eigenvalue weighted by atomic mass is 10.1. The lowest BCUT2D eigenvalue weighted by Gasteiger charge is -2.10. The molecular formula is C25H19IN2O4. The molecule has 0 aliphatic heterocycles. The van der Waals surface area contributed by atoms with E-state index in [0.717, 1.165) is 9.13 Å². The lowest BCUT2D eigenvalue weighted by molar-refractivity contribution is -0.112. The average Bonchev–Trinajstić information content (AvgIpc) is 2.80. The van der Waals surface area contributed by atoms with Crippen LogP contribution in [0.2, 0.25) is 0 Å². The highest BCUT2D eigenvalue weighted by Crippen LogP contribution is 2.30. The Kier molecular flexibility index (Phi) is 7.63. The van der Waals surface area contributed by atoms with Crippen molar-refractivity contribution in [3.05, 3.63) is 92.6 Å². The summed E-state index contributed by atoms with van der Waals surface area (Å²) in [5.41, 5.74) is 2.52. The fraction of sp³-hybridized carbons (Fsp3) is 0.0800. The molecule has 0 saturated carbocycles. The van der Waals surface area contributed by atoms with Gasteiger partial charge in [0, 0.05) is 9.26 Å². The number of nitrogens with one attached hydrogen (secondary N) is 1. The van der Waals surface area contributed by atoms with Crippen LogP contribution in [-0.4, -0.2) is 19.0 Å². The number of amides is 1. The number of esters is 1. The van der Waals surface area contributed by atoms with E-state index in [-0.39, 0.29) is 11.3 Å². The molecule has 0 saturated heterocycles. The number of ether oxygens (including phenoxy) is 2. The fourth-order valence-electron chi connectivity index (χ4n) is 2.75. The minimum Gasteiger partial charge on any atom is -0.493 e. The second-order valence-electron chi connectivity index (χ2n) is 6.80. The lowest BCUT2D eigenvalue weighted by Crippen LogP contribution is -2.13. The van der Waals surface area contributed by atoms with E-state index in [2.05, 4.69) is 27.9 Å². The predicted molar refractivity (Wildman–Crippen MR) is 131 cm³/mol. The molecule has 0 atom stereocenters. The maximum Gasteiger partial charge on any atom is 0.343 e. The van der Waals surface area contributed by atoms with Crippen molar-refractivity contribution in [1.82, 2.24) is 0 Å².